The molecule has 21 heavy (non-hydrogen) atoms. The number of anilines is 1. The van der Waals surface area contributed by atoms with Crippen molar-refractivity contribution in [1.82, 2.24) is 0 Å². The summed E-state index contributed by atoms with van der Waals surface area (Å²) in [5.74, 6) is 1.65. The van der Waals surface area contributed by atoms with Gasteiger partial charge in [0, 0.05) is 23.2 Å². The predicted molar refractivity (Wildman–Crippen MR) is 87.4 cm³/mol. The van der Waals surface area contributed by atoms with Crippen LogP contribution < -0.4 is 15.2 Å². The van der Waals surface area contributed by atoms with Gasteiger partial charge in [-0.05, 0) is 49.2 Å². The zero-order chi connectivity index (χ0) is 15.2. The first-order valence-corrected chi connectivity index (χ1v) is 7.32. The average Bonchev–Trinajstić information content (AvgIpc) is 2.44. The molecule has 0 bridgehead atoms. The van der Waals surface area contributed by atoms with Gasteiger partial charge in [-0.1, -0.05) is 17.7 Å². The van der Waals surface area contributed by atoms with Gasteiger partial charge in [0.2, 0.25) is 0 Å². The molecule has 0 saturated heterocycles. The van der Waals surface area contributed by atoms with Crippen molar-refractivity contribution in [2.75, 3.05) is 18.9 Å². The number of nitrogens with two attached hydrogens (primary N) is 1. The Labute approximate surface area is 130 Å². The molecule has 2 aromatic carbocycles. The maximum Gasteiger partial charge on any atom is 0.122 e. The second-order valence-corrected chi connectivity index (χ2v) is 5.42. The van der Waals surface area contributed by atoms with Crippen molar-refractivity contribution < 1.29 is 9.47 Å². The number of hydrogen-bond acceptors (Lipinski definition) is 3. The van der Waals surface area contributed by atoms with E-state index in [2.05, 4.69) is 0 Å². The van der Waals surface area contributed by atoms with E-state index in [-0.39, 0.29) is 0 Å². The molecule has 0 amide bonds. The maximum atomic E-state index is 5.91. The SMILES string of the molecule is Cc1ccc(OCCCOc2ccc(Cl)cc2C)cc1N. The van der Waals surface area contributed by atoms with Gasteiger partial charge in [0.1, 0.15) is 11.5 Å². The van der Waals surface area contributed by atoms with Gasteiger partial charge in [-0.15, -0.1) is 0 Å². The van der Waals surface area contributed by atoms with Gasteiger partial charge in [-0.2, -0.15) is 0 Å². The number of aryl methyl sites for hydroxylation is 2. The van der Waals surface area contributed by atoms with Crippen LogP contribution in [-0.2, 0) is 0 Å². The Morgan fingerprint density at radius 2 is 1.71 bits per heavy atom. The van der Waals surface area contributed by atoms with E-state index in [0.29, 0.717) is 13.2 Å². The fourth-order valence-electron chi connectivity index (χ4n) is 1.91. The van der Waals surface area contributed by atoms with Crippen LogP contribution in [0.15, 0.2) is 36.4 Å². The molecule has 2 aromatic rings. The predicted octanol–water partition coefficient (Wildman–Crippen LogP) is 4.39. The maximum absolute atomic E-state index is 5.91. The van der Waals surface area contributed by atoms with E-state index in [9.17, 15) is 0 Å². The lowest BCUT2D eigenvalue weighted by Gasteiger charge is -2.11. The van der Waals surface area contributed by atoms with Crippen molar-refractivity contribution in [3.8, 4) is 11.5 Å². The van der Waals surface area contributed by atoms with E-state index >= 15 is 0 Å². The van der Waals surface area contributed by atoms with Crippen molar-refractivity contribution in [2.24, 2.45) is 0 Å². The zero-order valence-corrected chi connectivity index (χ0v) is 13.1. The Kier molecular flexibility index (Phi) is 5.34. The summed E-state index contributed by atoms with van der Waals surface area (Å²) in [5.41, 5.74) is 8.69. The molecule has 0 aliphatic rings. The fraction of sp³-hybridized carbons (Fsp3) is 0.294. The fourth-order valence-corrected chi connectivity index (χ4v) is 2.14. The Morgan fingerprint density at radius 3 is 2.43 bits per heavy atom. The highest BCUT2D eigenvalue weighted by molar-refractivity contribution is 6.30. The van der Waals surface area contributed by atoms with E-state index in [0.717, 1.165) is 39.8 Å². The van der Waals surface area contributed by atoms with Crippen molar-refractivity contribution in [2.45, 2.75) is 20.3 Å². The highest BCUT2D eigenvalue weighted by Crippen LogP contribution is 2.22. The van der Waals surface area contributed by atoms with Crippen LogP contribution in [0.2, 0.25) is 5.02 Å². The van der Waals surface area contributed by atoms with E-state index in [1.54, 1.807) is 0 Å². The van der Waals surface area contributed by atoms with Crippen LogP contribution >= 0.6 is 11.6 Å². The largest absolute Gasteiger partial charge is 0.493 e. The van der Waals surface area contributed by atoms with Gasteiger partial charge >= 0.3 is 0 Å². The summed E-state index contributed by atoms with van der Waals surface area (Å²) in [5, 5.41) is 0.722. The van der Waals surface area contributed by atoms with Gasteiger partial charge in [-0.25, -0.2) is 0 Å². The first kappa shape index (κ1) is 15.5. The molecule has 0 aliphatic carbocycles. The standard InChI is InChI=1S/C17H20ClNO2/c1-12-4-6-15(11-16(12)19)20-8-3-9-21-17-7-5-14(18)10-13(17)2/h4-7,10-11H,3,8-9,19H2,1-2H3. The highest BCUT2D eigenvalue weighted by Gasteiger charge is 2.01. The monoisotopic (exact) mass is 305 g/mol. The lowest BCUT2D eigenvalue weighted by atomic mass is 10.2. The van der Waals surface area contributed by atoms with Crippen molar-refractivity contribution in [3.05, 3.63) is 52.5 Å². The van der Waals surface area contributed by atoms with Crippen LogP contribution in [0, 0.1) is 13.8 Å². The molecule has 0 aromatic heterocycles. The average molecular weight is 306 g/mol. The molecule has 2 N–H and O–H groups in total. The van der Waals surface area contributed by atoms with Gasteiger partial charge in [0.25, 0.3) is 0 Å². The molecule has 0 radical (unpaired) electrons. The third-order valence-corrected chi connectivity index (χ3v) is 3.44. The summed E-state index contributed by atoms with van der Waals surface area (Å²) >= 11 is 5.91. The van der Waals surface area contributed by atoms with Gasteiger partial charge in [-0.3, -0.25) is 0 Å². The van der Waals surface area contributed by atoms with Crippen LogP contribution in [0.25, 0.3) is 0 Å². The van der Waals surface area contributed by atoms with Crippen LogP contribution in [0.1, 0.15) is 17.5 Å². The molecule has 0 fully saturated rings. The topological polar surface area (TPSA) is 44.5 Å². The normalized spacial score (nSPS) is 10.4. The second-order valence-electron chi connectivity index (χ2n) is 4.98. The van der Waals surface area contributed by atoms with Gasteiger partial charge in [0.05, 0.1) is 13.2 Å². The van der Waals surface area contributed by atoms with Crippen molar-refractivity contribution >= 4 is 17.3 Å². The number of benzene rings is 2. The van der Waals surface area contributed by atoms with Gasteiger partial charge < -0.3 is 15.2 Å². The van der Waals surface area contributed by atoms with E-state index in [4.69, 9.17) is 26.8 Å². The number of nitrogen functional groups attached to an aromatic ring is 1. The second kappa shape index (κ2) is 7.23. The Bertz CT molecular complexity index is 614. The van der Waals surface area contributed by atoms with E-state index in [1.165, 1.54) is 0 Å². The lowest BCUT2D eigenvalue weighted by Crippen LogP contribution is -2.06. The van der Waals surface area contributed by atoms with Crippen LogP contribution in [0.3, 0.4) is 0 Å². The van der Waals surface area contributed by atoms with Crippen molar-refractivity contribution in [3.63, 3.8) is 0 Å². The summed E-state index contributed by atoms with van der Waals surface area (Å²) < 4.78 is 11.4. The molecule has 0 atom stereocenters. The smallest absolute Gasteiger partial charge is 0.122 e. The third kappa shape index (κ3) is 4.57. The molecule has 0 aliphatic heterocycles. The Balaban J connectivity index is 1.73. The van der Waals surface area contributed by atoms with Crippen LogP contribution in [0.5, 0.6) is 11.5 Å². The number of hydrogen-bond donors (Lipinski definition) is 1. The summed E-state index contributed by atoms with van der Waals surface area (Å²) in [6.07, 6.45) is 0.801. The van der Waals surface area contributed by atoms with E-state index in [1.807, 2.05) is 50.2 Å². The molecule has 112 valence electrons. The molecule has 4 heteroatoms. The molecule has 3 nitrogen and oxygen atoms in total. The summed E-state index contributed by atoms with van der Waals surface area (Å²) in [6, 6.07) is 11.3. The first-order valence-electron chi connectivity index (χ1n) is 6.94. The molecule has 0 saturated carbocycles. The molecule has 0 unspecified atom stereocenters. The summed E-state index contributed by atoms with van der Waals surface area (Å²) in [4.78, 5) is 0. The minimum Gasteiger partial charge on any atom is -0.493 e. The minimum absolute atomic E-state index is 0.592. The molecular weight excluding hydrogens is 286 g/mol. The van der Waals surface area contributed by atoms with Crippen molar-refractivity contribution in [1.29, 1.82) is 0 Å². The van der Waals surface area contributed by atoms with E-state index < -0.39 is 0 Å². The van der Waals surface area contributed by atoms with Gasteiger partial charge in [0.15, 0.2) is 0 Å². The summed E-state index contributed by atoms with van der Waals surface area (Å²) in [6.45, 7) is 5.15. The summed E-state index contributed by atoms with van der Waals surface area (Å²) in [7, 11) is 0. The van der Waals surface area contributed by atoms with Crippen LogP contribution in [0.4, 0.5) is 5.69 Å². The zero-order valence-electron chi connectivity index (χ0n) is 12.4. The number of rotatable bonds is 6. The first-order chi connectivity index (χ1) is 10.1. The molecule has 0 spiro atoms. The Morgan fingerprint density at radius 1 is 0.952 bits per heavy atom. The Hall–Kier alpha value is -1.87. The number of halogens is 1. The van der Waals surface area contributed by atoms with Crippen LogP contribution in [-0.4, -0.2) is 13.2 Å². The molecule has 0 heterocycles. The lowest BCUT2D eigenvalue weighted by molar-refractivity contribution is 0.246. The molecular formula is C17H20ClNO2. The third-order valence-electron chi connectivity index (χ3n) is 3.20. The number of ether oxygens (including phenoxy) is 2. The highest BCUT2D eigenvalue weighted by atomic mass is 35.5. The molecule has 2 rings (SSSR count). The minimum atomic E-state index is 0.592. The quantitative estimate of drug-likeness (QED) is 0.636.